The SMILES string of the molecule is C.CC[C@]1(CO)O[C@@H](n2ccc(N)nc2=O)[C@H](F)[C@@H]1O.CC[C@]1(CO)O[C@@H](n2ccc(NC(c3ccccc3)(c3ccccc3)c3ccc(OC)cc3)nc2=O)[C@H](F)[C@@H]1C.C[C@@H](C(=O)OC1CCCCC1)N1C[C@]2(COP1(=O)Oc1ccccc1)O[C@@H](n1ccc(N)nc1=O)[C@H](F)[C@@H]2O.P[P-]P(P(P)P)P(P(P)P)P(P)P. The molecule has 5 aliphatic rings. The average Bonchev–Trinajstić information content (AvgIpc) is 1.56. The third kappa shape index (κ3) is 21.5. The summed E-state index contributed by atoms with van der Waals surface area (Å²) in [6, 6.07) is 38.9. The van der Waals surface area contributed by atoms with Crippen LogP contribution in [0.15, 0.2) is 166 Å². The third-order valence-electron chi connectivity index (χ3n) is 19.9. The summed E-state index contributed by atoms with van der Waals surface area (Å²) >= 11 is 0. The lowest BCUT2D eigenvalue weighted by Gasteiger charge is -2.45. The second-order valence-electron chi connectivity index (χ2n) is 26.6. The molecule has 9 N–H and O–H groups in total. The lowest BCUT2D eigenvalue weighted by molar-refractivity contribution is -0.165. The molecule has 0 amide bonds. The number of halogens is 3. The van der Waals surface area contributed by atoms with E-state index in [2.05, 4.69) is 82.8 Å². The maximum absolute atomic E-state index is 15.5. The molecular weight excluding hydrogens is 1720 g/mol. The molecule has 1 saturated carbocycles. The number of nitrogens with two attached hydrogens (primary N) is 2. The highest BCUT2D eigenvalue weighted by atomic mass is 33.3. The van der Waals surface area contributed by atoms with Crippen molar-refractivity contribution in [2.75, 3.05) is 50.3 Å². The van der Waals surface area contributed by atoms with E-state index in [1.807, 2.05) is 91.9 Å². The fourth-order valence-corrected chi connectivity index (χ4v) is 137. The van der Waals surface area contributed by atoms with Crippen molar-refractivity contribution < 1.29 is 75.7 Å². The number of benzene rings is 4. The number of aliphatic hydroxyl groups excluding tert-OH is 4. The number of aliphatic hydroxyl groups is 4. The van der Waals surface area contributed by atoms with Crippen LogP contribution in [-0.4, -0.2) is 153 Å². The number of hydrogen-bond donors (Lipinski definition) is 7. The van der Waals surface area contributed by atoms with Crippen LogP contribution in [0.1, 0.15) is 115 Å². The zero-order chi connectivity index (χ0) is 80.9. The predicted octanol–water partition coefficient (Wildman–Crippen LogP) is 15.2. The molecule has 112 heavy (non-hydrogen) atoms. The van der Waals surface area contributed by atoms with Gasteiger partial charge in [-0.3, -0.25) is 31.9 Å². The maximum atomic E-state index is 15.5. The molecule has 7 heterocycles. The molecule has 0 bridgehead atoms. The second kappa shape index (κ2) is 42.5. The molecule has 614 valence electrons. The van der Waals surface area contributed by atoms with Crippen molar-refractivity contribution in [2.45, 2.75) is 164 Å². The van der Waals surface area contributed by atoms with Gasteiger partial charge in [-0.25, -0.2) is 32.1 Å². The van der Waals surface area contributed by atoms with E-state index in [1.165, 1.54) is 42.2 Å². The number of ether oxygens (including phenoxy) is 5. The smallest absolute Gasteiger partial charge is 0.462 e. The fraction of sp³-hybridized carbons (Fsp3) is 0.464. The van der Waals surface area contributed by atoms with Gasteiger partial charge >= 0.3 is 30.8 Å². The summed E-state index contributed by atoms with van der Waals surface area (Å²) in [5, 5.41) is 43.7. The zero-order valence-electron chi connectivity index (χ0n) is 61.3. The van der Waals surface area contributed by atoms with Crippen molar-refractivity contribution in [3.05, 3.63) is 200 Å². The van der Waals surface area contributed by atoms with E-state index in [0.717, 1.165) is 68.3 Å². The van der Waals surface area contributed by atoms with Crippen LogP contribution >= 0.6 is 113 Å². The number of esters is 1. The molecule has 0 radical (unpaired) electrons. The summed E-state index contributed by atoms with van der Waals surface area (Å²) < 4.78 is 103. The van der Waals surface area contributed by atoms with Gasteiger partial charge in [0, 0.05) is 31.1 Å². The van der Waals surface area contributed by atoms with Crippen molar-refractivity contribution in [2.24, 2.45) is 5.92 Å². The van der Waals surface area contributed by atoms with Gasteiger partial charge in [0.25, 0.3) is 0 Å². The summed E-state index contributed by atoms with van der Waals surface area (Å²) in [6.45, 7) is 5.58. The number of para-hydroxylation sites is 1. The van der Waals surface area contributed by atoms with E-state index in [1.54, 1.807) is 65.3 Å². The Labute approximate surface area is 673 Å². The first kappa shape index (κ1) is 94.7. The lowest BCUT2D eigenvalue weighted by Crippen LogP contribution is -2.59. The topological polar surface area (TPSA) is 352 Å². The third-order valence-corrected chi connectivity index (χ3v) is 92.5. The minimum Gasteiger partial charge on any atom is -0.497 e. The zero-order valence-corrected chi connectivity index (χ0v) is 75.7. The molecule has 43 heteroatoms. The number of methoxy groups -OCH3 is 1. The summed E-state index contributed by atoms with van der Waals surface area (Å²) in [7, 11) is 20.0. The Hall–Kier alpha value is -2.76. The monoisotopic (exact) mass is 1820 g/mol. The number of rotatable bonds is 23. The van der Waals surface area contributed by atoms with Crippen LogP contribution in [0.2, 0.25) is 0 Å². The Kier molecular flexibility index (Phi) is 35.9. The molecular formula is C69H100F3N10O16P14-. The highest BCUT2D eigenvalue weighted by Crippen LogP contribution is 3.18. The summed E-state index contributed by atoms with van der Waals surface area (Å²) in [5.41, 5.74) is 6.19. The first-order valence-corrected chi connectivity index (χ1v) is 59.0. The molecule has 1 spiro atoms. The Morgan fingerprint density at radius 3 is 1.57 bits per heavy atom. The number of carbonyl (C=O) groups is 1. The van der Waals surface area contributed by atoms with Crippen LogP contribution < -0.4 is 43.1 Å². The normalized spacial score (nSPS) is 27.2. The molecule has 4 aromatic carbocycles. The Bertz CT molecular complexity index is 4370. The van der Waals surface area contributed by atoms with E-state index < -0.39 is 134 Å². The van der Waals surface area contributed by atoms with E-state index in [4.69, 9.17) is 44.2 Å². The highest BCUT2D eigenvalue weighted by molar-refractivity contribution is 9.24. The molecule has 12 rings (SSSR count). The van der Waals surface area contributed by atoms with Crippen LogP contribution in [-0.2, 0) is 38.4 Å². The minimum atomic E-state index is -4.22. The summed E-state index contributed by atoms with van der Waals surface area (Å²) in [6.07, 6.45) is -4.05. The highest BCUT2D eigenvalue weighted by Gasteiger charge is 2.64. The van der Waals surface area contributed by atoms with Crippen LogP contribution in [0.25, 0.3) is 0 Å². The number of nitrogen functional groups attached to an aromatic ring is 2. The Balaban J connectivity index is 0.000000203. The van der Waals surface area contributed by atoms with E-state index >= 15 is 8.78 Å². The molecule has 4 aliphatic heterocycles. The van der Waals surface area contributed by atoms with Gasteiger partial charge in [-0.1, -0.05) is 133 Å². The first-order valence-electron chi connectivity index (χ1n) is 35.1. The largest absolute Gasteiger partial charge is 0.497 e. The number of nitrogens with zero attached hydrogens (tertiary/aromatic N) is 7. The second-order valence-corrected chi connectivity index (χ2v) is 75.1. The van der Waals surface area contributed by atoms with Gasteiger partial charge in [0.05, 0.1) is 32.5 Å². The van der Waals surface area contributed by atoms with Crippen molar-refractivity contribution >= 4 is 137 Å². The molecule has 5 fully saturated rings. The number of aromatic nitrogens is 6. The number of alkyl halides is 3. The minimum absolute atomic E-state index is 0. The van der Waals surface area contributed by atoms with Gasteiger partial charge in [0.15, 0.2) is 37.2 Å². The van der Waals surface area contributed by atoms with E-state index in [9.17, 15) is 48.6 Å². The molecule has 9 unspecified atom stereocenters. The predicted molar refractivity (Wildman–Crippen MR) is 469 cm³/mol. The van der Waals surface area contributed by atoms with Crippen molar-refractivity contribution in [1.29, 1.82) is 0 Å². The molecule has 7 aromatic rings. The quantitative estimate of drug-likeness (QED) is 0.0178. The van der Waals surface area contributed by atoms with Crippen LogP contribution in [0, 0.1) is 5.92 Å². The maximum Gasteiger partial charge on any atom is 0.462 e. The standard InChI is InChI=1S/C32H34FN3O4.C25H32FN4O8P.C11H16FN3O4.CH4.H14P13/c1-4-31(21-37)22(2)28(33)29(40-31)36-20-19-27(34-30(36)38)35-32(23-11-7-5-8-12-23,24-13-9-6-10-14-24)25-15-17-26(39-3)18-16-25;1-16(23(32)36-17-8-4-2-5-9-17)30-14-25(15-35-39(30,34)38-18-10-6-3-7-11-18)21(31)20(26)22(37-25)29-13-12-19(27)28-24(29)33;1-2-11(5-16)8(17)7(12)9(19-11)15-4-3-6(13)14-10(15)18;;1-8-12(9(2)3)13(10(4)5)11(6)7/h5-20,22,28-29,37H,4,21H2,1-3H3,(H,34,35,38);3,6-7,10-13,16-17,20-22,31H,2,4-5,8-9,14-15H2,1H3,(H2,27,28,33);3-4,7-9,16-17H,2,5H2,1H3,(H2,13,14,18);1H4;1-7H2/q;;;;-1/t22-,28+,29+,31+;16-,20+,21-,22+,25+,39?;7-,8+,9-,11-;;/m001../s1. The lowest BCUT2D eigenvalue weighted by atomic mass is 9.77. The van der Waals surface area contributed by atoms with E-state index in [0.29, 0.717) is 12.2 Å². The molecule has 1 aliphatic carbocycles. The van der Waals surface area contributed by atoms with Crippen molar-refractivity contribution in [3.8, 4) is 11.5 Å². The molecule has 4 saturated heterocycles. The summed E-state index contributed by atoms with van der Waals surface area (Å²) in [5.74, 6) is -0.0266. The van der Waals surface area contributed by atoms with Gasteiger partial charge in [0.1, 0.15) is 70.0 Å². The van der Waals surface area contributed by atoms with Crippen LogP contribution in [0.3, 0.4) is 0 Å². The van der Waals surface area contributed by atoms with Gasteiger partial charge < -0.3 is 73.4 Å². The number of anilines is 3. The van der Waals surface area contributed by atoms with Gasteiger partial charge in [-0.2, -0.15) is 26.6 Å². The number of nitrogens with one attached hydrogen (secondary N) is 1. The van der Waals surface area contributed by atoms with E-state index in [-0.39, 0.29) is 78.9 Å². The summed E-state index contributed by atoms with van der Waals surface area (Å²) in [4.78, 5) is 62.0. The Morgan fingerprint density at radius 2 is 1.13 bits per heavy atom. The fourth-order valence-electron chi connectivity index (χ4n) is 13.5. The number of hydrogen-bond acceptors (Lipinski definition) is 22. The van der Waals surface area contributed by atoms with Crippen LogP contribution in [0.5, 0.6) is 11.5 Å². The van der Waals surface area contributed by atoms with Gasteiger partial charge in [0.2, 0.25) is 0 Å². The average molecular weight is 1820 g/mol. The van der Waals surface area contributed by atoms with Crippen molar-refractivity contribution in [1.82, 2.24) is 33.3 Å². The Morgan fingerprint density at radius 1 is 0.670 bits per heavy atom. The van der Waals surface area contributed by atoms with Gasteiger partial charge in [-0.05, 0) is 126 Å². The molecule has 22 atom stereocenters. The first-order chi connectivity index (χ1) is 52.9. The van der Waals surface area contributed by atoms with Crippen LogP contribution in [0.4, 0.5) is 30.6 Å². The van der Waals surface area contributed by atoms with Crippen molar-refractivity contribution in [3.63, 3.8) is 0 Å². The molecule has 3 aromatic heterocycles. The molecule has 26 nitrogen and oxygen atoms in total. The number of carbonyl (C=O) groups excluding carboxylic acids is 1. The van der Waals surface area contributed by atoms with Gasteiger partial charge in [-0.15, -0.1) is 53.6 Å².